The molecule has 24 heavy (non-hydrogen) atoms. The molecule has 1 aliphatic rings. The Labute approximate surface area is 145 Å². The molecule has 1 aromatic carbocycles. The number of hydrogen-bond acceptors (Lipinski definition) is 4. The van der Waals surface area contributed by atoms with Crippen molar-refractivity contribution in [2.45, 2.75) is 51.4 Å². The summed E-state index contributed by atoms with van der Waals surface area (Å²) in [7, 11) is 1.00. The van der Waals surface area contributed by atoms with Crippen molar-refractivity contribution in [3.63, 3.8) is 0 Å². The molecular formula is C18H28BN2O3+. The Morgan fingerprint density at radius 1 is 1.29 bits per heavy atom. The van der Waals surface area contributed by atoms with Gasteiger partial charge in [-0.3, -0.25) is 4.90 Å². The smallest absolute Gasteiger partial charge is 0.423 e. The van der Waals surface area contributed by atoms with Crippen LogP contribution in [-0.2, 0) is 11.1 Å². The van der Waals surface area contributed by atoms with E-state index < -0.39 is 18.3 Å². The Morgan fingerprint density at radius 3 is 2.46 bits per heavy atom. The summed E-state index contributed by atoms with van der Waals surface area (Å²) in [5, 5.41) is 20.4. The van der Waals surface area contributed by atoms with Crippen molar-refractivity contribution >= 4 is 12.6 Å². The zero-order valence-electron chi connectivity index (χ0n) is 15.3. The molecule has 1 heterocycles. The molecule has 0 amide bonds. The molecule has 0 radical (unpaired) electrons. The van der Waals surface area contributed by atoms with E-state index in [1.165, 1.54) is 0 Å². The van der Waals surface area contributed by atoms with E-state index in [1.807, 2.05) is 24.3 Å². The zero-order chi connectivity index (χ0) is 18.0. The minimum atomic E-state index is -1.08. The lowest BCUT2D eigenvalue weighted by Crippen LogP contribution is -2.53. The van der Waals surface area contributed by atoms with Gasteiger partial charge in [-0.05, 0) is 45.8 Å². The van der Waals surface area contributed by atoms with Gasteiger partial charge >= 0.3 is 7.12 Å². The molecule has 0 bridgehead atoms. The van der Waals surface area contributed by atoms with E-state index in [2.05, 4.69) is 22.9 Å². The average Bonchev–Trinajstić information content (AvgIpc) is 2.48. The van der Waals surface area contributed by atoms with Gasteiger partial charge in [-0.15, -0.1) is 0 Å². The van der Waals surface area contributed by atoms with E-state index in [0.29, 0.717) is 5.46 Å². The summed E-state index contributed by atoms with van der Waals surface area (Å²) in [5.41, 5.74) is -0.101. The Bertz CT molecular complexity index is 614. The normalized spacial score (nSPS) is 18.9. The molecule has 130 valence electrons. The molecule has 6 heteroatoms. The van der Waals surface area contributed by atoms with Crippen LogP contribution in [0.2, 0.25) is 0 Å². The van der Waals surface area contributed by atoms with Crippen LogP contribution in [0.3, 0.4) is 0 Å². The Morgan fingerprint density at radius 2 is 1.92 bits per heavy atom. The third-order valence-corrected chi connectivity index (χ3v) is 4.91. The predicted octanol–water partition coefficient (Wildman–Crippen LogP) is 1.13. The summed E-state index contributed by atoms with van der Waals surface area (Å²) in [6.45, 7) is 8.63. The maximum atomic E-state index is 10.3. The van der Waals surface area contributed by atoms with E-state index in [0.717, 1.165) is 25.1 Å². The first kappa shape index (κ1) is 18.9. The van der Waals surface area contributed by atoms with Gasteiger partial charge < -0.3 is 14.8 Å². The first-order chi connectivity index (χ1) is 11.1. The molecule has 0 spiro atoms. The maximum absolute atomic E-state index is 10.3. The van der Waals surface area contributed by atoms with Gasteiger partial charge in [0.2, 0.25) is 0 Å². The number of hydrogen-bond donors (Lipinski definition) is 2. The predicted molar refractivity (Wildman–Crippen MR) is 97.7 cm³/mol. The third kappa shape index (κ3) is 4.58. The zero-order valence-corrected chi connectivity index (χ0v) is 15.3. The molecule has 2 rings (SSSR count). The standard InChI is InChI=1S/C18H28BN2O3/c1-17(2,22)18(3,4)24-19(23)15-8-6-14(7-9-15)12-16-13-20-10-11-21(16)5/h6-9,16,22-23H,10-12H2,1-5H3/q+1. The molecule has 0 saturated heterocycles. The number of benzene rings is 1. The highest BCUT2D eigenvalue weighted by Crippen LogP contribution is 2.25. The summed E-state index contributed by atoms with van der Waals surface area (Å²) >= 11 is 0. The second-order valence-corrected chi connectivity index (χ2v) is 7.49. The maximum Gasteiger partial charge on any atom is 0.491 e. The van der Waals surface area contributed by atoms with Gasteiger partial charge in [-0.1, -0.05) is 29.1 Å². The van der Waals surface area contributed by atoms with Crippen molar-refractivity contribution in [2.75, 3.05) is 20.1 Å². The fraction of sp³-hybridized carbons (Fsp3) is 0.611. The summed E-state index contributed by atoms with van der Waals surface area (Å²) in [6, 6.07) is 11.0. The summed E-state index contributed by atoms with van der Waals surface area (Å²) in [5.74, 6) is 0. The summed E-state index contributed by atoms with van der Waals surface area (Å²) in [6.07, 6.45) is 0.840. The van der Waals surface area contributed by atoms with Crippen molar-refractivity contribution in [2.24, 2.45) is 0 Å². The topological polar surface area (TPSA) is 57.3 Å². The third-order valence-electron chi connectivity index (χ3n) is 4.91. The lowest BCUT2D eigenvalue weighted by molar-refractivity contribution is -0.0982. The lowest BCUT2D eigenvalue weighted by Gasteiger charge is -2.38. The van der Waals surface area contributed by atoms with Crippen molar-refractivity contribution in [1.82, 2.24) is 4.90 Å². The molecule has 0 aliphatic carbocycles. The van der Waals surface area contributed by atoms with Gasteiger partial charge in [0.1, 0.15) is 6.04 Å². The molecule has 0 saturated carbocycles. The van der Waals surface area contributed by atoms with Crippen LogP contribution in [0.4, 0.5) is 0 Å². The van der Waals surface area contributed by atoms with Gasteiger partial charge in [0, 0.05) is 6.42 Å². The Balaban J connectivity index is 2.02. The van der Waals surface area contributed by atoms with E-state index in [-0.39, 0.29) is 6.04 Å². The minimum absolute atomic E-state index is 0.194. The lowest BCUT2D eigenvalue weighted by atomic mass is 9.76. The SMILES string of the molecule is CN1CC[N+]#CC1Cc1ccc(B(O)OC(C)(C)C(C)(C)O)cc1. The van der Waals surface area contributed by atoms with Gasteiger partial charge in [0.05, 0.1) is 17.7 Å². The first-order valence-corrected chi connectivity index (χ1v) is 8.39. The molecular weight excluding hydrogens is 303 g/mol. The molecule has 0 aromatic heterocycles. The highest BCUT2D eigenvalue weighted by molar-refractivity contribution is 6.60. The number of rotatable bonds is 6. The average molecular weight is 331 g/mol. The van der Waals surface area contributed by atoms with Gasteiger partial charge in [-0.2, -0.15) is 0 Å². The number of aliphatic hydroxyl groups is 1. The van der Waals surface area contributed by atoms with Crippen LogP contribution in [0.15, 0.2) is 24.3 Å². The van der Waals surface area contributed by atoms with Crippen molar-refractivity contribution < 1.29 is 14.8 Å². The van der Waals surface area contributed by atoms with E-state index in [4.69, 9.17) is 4.65 Å². The second-order valence-electron chi connectivity index (χ2n) is 7.49. The van der Waals surface area contributed by atoms with Crippen molar-refractivity contribution in [3.8, 4) is 6.07 Å². The molecule has 1 aliphatic heterocycles. The van der Waals surface area contributed by atoms with Crippen molar-refractivity contribution in [1.29, 1.82) is 0 Å². The summed E-state index contributed by atoms with van der Waals surface area (Å²) in [4.78, 5) is 6.48. The van der Waals surface area contributed by atoms with Crippen LogP contribution in [0.5, 0.6) is 0 Å². The van der Waals surface area contributed by atoms with Crippen LogP contribution < -0.4 is 5.46 Å². The highest BCUT2D eigenvalue weighted by atomic mass is 16.5. The Kier molecular flexibility index (Phi) is 5.72. The van der Waals surface area contributed by atoms with Crippen LogP contribution in [0.25, 0.3) is 4.85 Å². The second kappa shape index (κ2) is 7.24. The molecule has 0 fully saturated rings. The van der Waals surface area contributed by atoms with Gasteiger partial charge in [0.15, 0.2) is 0 Å². The number of likely N-dealkylation sites (N-methyl/N-ethyl adjacent to an activating group) is 1. The van der Waals surface area contributed by atoms with E-state index in [9.17, 15) is 10.1 Å². The Hall–Kier alpha value is -1.39. The molecule has 5 nitrogen and oxygen atoms in total. The minimum Gasteiger partial charge on any atom is -0.423 e. The molecule has 2 N–H and O–H groups in total. The largest absolute Gasteiger partial charge is 0.491 e. The van der Waals surface area contributed by atoms with Crippen LogP contribution in [0, 0.1) is 6.07 Å². The molecule has 1 atom stereocenters. The molecule has 1 aromatic rings. The quantitative estimate of drug-likeness (QED) is 0.768. The monoisotopic (exact) mass is 331 g/mol. The molecule has 1 unspecified atom stereocenters. The first-order valence-electron chi connectivity index (χ1n) is 8.39. The highest BCUT2D eigenvalue weighted by Gasteiger charge is 2.39. The van der Waals surface area contributed by atoms with Crippen LogP contribution in [-0.4, -0.2) is 59.5 Å². The van der Waals surface area contributed by atoms with Gasteiger partial charge in [-0.25, -0.2) is 0 Å². The fourth-order valence-electron chi connectivity index (χ4n) is 2.37. The van der Waals surface area contributed by atoms with Gasteiger partial charge in [0.25, 0.3) is 12.6 Å². The fourth-order valence-corrected chi connectivity index (χ4v) is 2.37. The van der Waals surface area contributed by atoms with E-state index >= 15 is 0 Å². The van der Waals surface area contributed by atoms with Crippen LogP contribution in [0.1, 0.15) is 33.3 Å². The number of nitrogens with zero attached hydrogens (tertiary/aromatic N) is 2. The van der Waals surface area contributed by atoms with Crippen molar-refractivity contribution in [3.05, 3.63) is 34.7 Å². The van der Waals surface area contributed by atoms with E-state index in [1.54, 1.807) is 27.7 Å². The summed E-state index contributed by atoms with van der Waals surface area (Å²) < 4.78 is 5.67. The van der Waals surface area contributed by atoms with Crippen LogP contribution >= 0.6 is 0 Å².